The number of piperazine rings is 1. The number of ether oxygens (including phenoxy) is 1. The molecule has 0 atom stereocenters. The normalized spacial score (nSPS) is 15.8. The maximum atomic E-state index is 12.3. The zero-order valence-electron chi connectivity index (χ0n) is 18.2. The second kappa shape index (κ2) is 7.80. The van der Waals surface area contributed by atoms with Crippen molar-refractivity contribution in [3.8, 4) is 5.75 Å². The van der Waals surface area contributed by atoms with Gasteiger partial charge in [-0.2, -0.15) is 0 Å². The summed E-state index contributed by atoms with van der Waals surface area (Å²) >= 11 is 0. The number of aromatic nitrogens is 2. The van der Waals surface area contributed by atoms with Crippen molar-refractivity contribution in [2.24, 2.45) is 0 Å². The molecule has 1 aliphatic heterocycles. The first-order chi connectivity index (χ1) is 14.2. The third-order valence-electron chi connectivity index (χ3n) is 5.60. The number of pyridine rings is 1. The van der Waals surface area contributed by atoms with Crippen LogP contribution in [0.5, 0.6) is 5.75 Å². The van der Waals surface area contributed by atoms with Gasteiger partial charge in [-0.25, -0.2) is 4.79 Å². The van der Waals surface area contributed by atoms with Gasteiger partial charge in [-0.05, 0) is 45.9 Å². The second-order valence-electron chi connectivity index (χ2n) is 8.95. The molecule has 1 amide bonds. The van der Waals surface area contributed by atoms with E-state index in [1.807, 2.05) is 52.1 Å². The SMILES string of the molecule is Cc1nccc2c3ccc(O)cc3n(CCN3CCN(C(=O)OC(C)(C)C)CC3)c12. The molecule has 1 aliphatic rings. The van der Waals surface area contributed by atoms with Gasteiger partial charge in [0.25, 0.3) is 0 Å². The lowest BCUT2D eigenvalue weighted by Gasteiger charge is -2.35. The van der Waals surface area contributed by atoms with Gasteiger partial charge in [0.05, 0.1) is 16.7 Å². The van der Waals surface area contributed by atoms with E-state index in [0.29, 0.717) is 13.1 Å². The summed E-state index contributed by atoms with van der Waals surface area (Å²) in [6.07, 6.45) is 1.60. The number of phenols is 1. The lowest BCUT2D eigenvalue weighted by Crippen LogP contribution is -2.50. The van der Waals surface area contributed by atoms with Gasteiger partial charge in [0.1, 0.15) is 11.4 Å². The van der Waals surface area contributed by atoms with Crippen molar-refractivity contribution >= 4 is 27.9 Å². The van der Waals surface area contributed by atoms with E-state index in [1.54, 1.807) is 11.0 Å². The van der Waals surface area contributed by atoms with Crippen LogP contribution >= 0.6 is 0 Å². The van der Waals surface area contributed by atoms with E-state index in [2.05, 4.69) is 14.5 Å². The fourth-order valence-electron chi connectivity index (χ4n) is 4.16. The van der Waals surface area contributed by atoms with Crippen LogP contribution in [0.15, 0.2) is 30.5 Å². The van der Waals surface area contributed by atoms with Crippen molar-refractivity contribution in [1.82, 2.24) is 19.4 Å². The Hall–Kier alpha value is -2.80. The molecule has 0 aliphatic carbocycles. The number of rotatable bonds is 3. The number of aryl methyl sites for hydroxylation is 1. The van der Waals surface area contributed by atoms with Gasteiger partial charge in [0.2, 0.25) is 0 Å². The van der Waals surface area contributed by atoms with Crippen molar-refractivity contribution in [1.29, 1.82) is 0 Å². The molecule has 7 heteroatoms. The van der Waals surface area contributed by atoms with Crippen LogP contribution in [0.25, 0.3) is 21.8 Å². The molecule has 3 aromatic rings. The molecular formula is C23H30N4O3. The zero-order chi connectivity index (χ0) is 21.5. The number of carbonyl (C=O) groups is 1. The maximum Gasteiger partial charge on any atom is 0.410 e. The highest BCUT2D eigenvalue weighted by atomic mass is 16.6. The minimum atomic E-state index is -0.470. The molecule has 0 saturated carbocycles. The van der Waals surface area contributed by atoms with Gasteiger partial charge in [0.15, 0.2) is 0 Å². The van der Waals surface area contributed by atoms with Gasteiger partial charge >= 0.3 is 6.09 Å². The number of benzene rings is 1. The standard InChI is InChI=1S/C23H30N4O3/c1-16-21-19(7-8-24-16)18-6-5-17(28)15-20(18)27(21)14-11-25-9-12-26(13-10-25)22(29)30-23(2,3)4/h5-8,15,28H,9-14H2,1-4H3. The van der Waals surface area contributed by atoms with Crippen LogP contribution in [0.4, 0.5) is 4.79 Å². The van der Waals surface area contributed by atoms with Crippen LogP contribution in [0, 0.1) is 6.92 Å². The van der Waals surface area contributed by atoms with Gasteiger partial charge < -0.3 is 19.3 Å². The number of fused-ring (bicyclic) bond motifs is 3. The Morgan fingerprint density at radius 3 is 2.53 bits per heavy atom. The highest BCUT2D eigenvalue weighted by Crippen LogP contribution is 2.32. The first-order valence-electron chi connectivity index (χ1n) is 10.5. The predicted octanol–water partition coefficient (Wildman–Crippen LogP) is 3.76. The summed E-state index contributed by atoms with van der Waals surface area (Å²) in [4.78, 5) is 20.9. The van der Waals surface area contributed by atoms with E-state index in [-0.39, 0.29) is 11.8 Å². The highest BCUT2D eigenvalue weighted by molar-refractivity contribution is 6.09. The minimum Gasteiger partial charge on any atom is -0.508 e. The van der Waals surface area contributed by atoms with Gasteiger partial charge in [-0.3, -0.25) is 9.88 Å². The molecule has 1 fully saturated rings. The van der Waals surface area contributed by atoms with E-state index in [9.17, 15) is 9.90 Å². The quantitative estimate of drug-likeness (QED) is 0.712. The number of amides is 1. The van der Waals surface area contributed by atoms with Crippen molar-refractivity contribution in [3.05, 3.63) is 36.2 Å². The average molecular weight is 411 g/mol. The highest BCUT2D eigenvalue weighted by Gasteiger charge is 2.26. The largest absolute Gasteiger partial charge is 0.508 e. The summed E-state index contributed by atoms with van der Waals surface area (Å²) in [5.74, 6) is 0.267. The third kappa shape index (κ3) is 4.07. The van der Waals surface area contributed by atoms with Crippen LogP contribution in [-0.2, 0) is 11.3 Å². The number of aromatic hydroxyl groups is 1. The molecule has 1 aromatic carbocycles. The third-order valence-corrected chi connectivity index (χ3v) is 5.60. The molecular weight excluding hydrogens is 380 g/mol. The van der Waals surface area contributed by atoms with Crippen LogP contribution in [-0.4, -0.2) is 68.9 Å². The zero-order valence-corrected chi connectivity index (χ0v) is 18.2. The topological polar surface area (TPSA) is 70.8 Å². The molecule has 4 rings (SSSR count). The summed E-state index contributed by atoms with van der Waals surface area (Å²) in [6.45, 7) is 12.3. The molecule has 1 N–H and O–H groups in total. The Bertz CT molecular complexity index is 1080. The Morgan fingerprint density at radius 1 is 1.10 bits per heavy atom. The molecule has 0 bridgehead atoms. The molecule has 160 valence electrons. The number of carbonyl (C=O) groups excluding carboxylic acids is 1. The van der Waals surface area contributed by atoms with Crippen molar-refractivity contribution in [2.45, 2.75) is 39.8 Å². The fraction of sp³-hybridized carbons (Fsp3) is 0.478. The second-order valence-corrected chi connectivity index (χ2v) is 8.95. The lowest BCUT2D eigenvalue weighted by atomic mass is 10.1. The van der Waals surface area contributed by atoms with Crippen LogP contribution < -0.4 is 0 Å². The number of phenolic OH excluding ortho intramolecular Hbond substituents is 1. The van der Waals surface area contributed by atoms with Gasteiger partial charge in [0, 0.05) is 62.3 Å². The van der Waals surface area contributed by atoms with E-state index in [1.165, 1.54) is 0 Å². The summed E-state index contributed by atoms with van der Waals surface area (Å²) < 4.78 is 7.74. The average Bonchev–Trinajstić information content (AvgIpc) is 2.99. The van der Waals surface area contributed by atoms with Crippen molar-refractivity contribution in [3.63, 3.8) is 0 Å². The molecule has 30 heavy (non-hydrogen) atoms. The van der Waals surface area contributed by atoms with Crippen molar-refractivity contribution < 1.29 is 14.6 Å². The Morgan fingerprint density at radius 2 is 1.83 bits per heavy atom. The Labute approximate surface area is 176 Å². The molecule has 0 spiro atoms. The molecule has 0 radical (unpaired) electrons. The molecule has 7 nitrogen and oxygen atoms in total. The Balaban J connectivity index is 1.48. The number of hydrogen-bond donors (Lipinski definition) is 1. The molecule has 2 aromatic heterocycles. The van der Waals surface area contributed by atoms with E-state index in [4.69, 9.17) is 4.74 Å². The van der Waals surface area contributed by atoms with Crippen LogP contribution in [0.2, 0.25) is 0 Å². The van der Waals surface area contributed by atoms with Crippen molar-refractivity contribution in [2.75, 3.05) is 32.7 Å². The monoisotopic (exact) mass is 410 g/mol. The molecule has 1 saturated heterocycles. The summed E-state index contributed by atoms with van der Waals surface area (Å²) in [7, 11) is 0. The van der Waals surface area contributed by atoms with E-state index in [0.717, 1.165) is 53.7 Å². The summed E-state index contributed by atoms with van der Waals surface area (Å²) in [5.41, 5.74) is 2.65. The summed E-state index contributed by atoms with van der Waals surface area (Å²) in [5, 5.41) is 12.3. The predicted molar refractivity (Wildman–Crippen MR) is 118 cm³/mol. The maximum absolute atomic E-state index is 12.3. The number of hydrogen-bond acceptors (Lipinski definition) is 5. The Kier molecular flexibility index (Phi) is 5.32. The van der Waals surface area contributed by atoms with Crippen LogP contribution in [0.1, 0.15) is 26.5 Å². The van der Waals surface area contributed by atoms with E-state index >= 15 is 0 Å². The summed E-state index contributed by atoms with van der Waals surface area (Å²) in [6, 6.07) is 7.58. The van der Waals surface area contributed by atoms with Gasteiger partial charge in [-0.15, -0.1) is 0 Å². The lowest BCUT2D eigenvalue weighted by molar-refractivity contribution is 0.0143. The molecule has 0 unspecified atom stereocenters. The number of nitrogens with zero attached hydrogens (tertiary/aromatic N) is 4. The van der Waals surface area contributed by atoms with Gasteiger partial charge in [-0.1, -0.05) is 0 Å². The fourth-order valence-corrected chi connectivity index (χ4v) is 4.16. The first kappa shape index (κ1) is 20.5. The van der Waals surface area contributed by atoms with Crippen LogP contribution in [0.3, 0.4) is 0 Å². The van der Waals surface area contributed by atoms with E-state index < -0.39 is 5.60 Å². The smallest absolute Gasteiger partial charge is 0.410 e. The molecule has 3 heterocycles. The first-order valence-corrected chi connectivity index (χ1v) is 10.5. The minimum absolute atomic E-state index is 0.235.